The number of alkyl halides is 3. The number of carbonyl (C=O) groups is 2. The molecule has 2 aliphatic rings. The molecule has 0 radical (unpaired) electrons. The molecule has 1 saturated heterocycles. The summed E-state index contributed by atoms with van der Waals surface area (Å²) in [7, 11) is 0. The lowest BCUT2D eigenvalue weighted by molar-refractivity contribution is -0.137. The van der Waals surface area contributed by atoms with E-state index in [2.05, 4.69) is 15.4 Å². The van der Waals surface area contributed by atoms with Crippen LogP contribution < -0.4 is 10.9 Å². The number of likely N-dealkylation sites (tertiary alicyclic amines) is 1. The lowest BCUT2D eigenvalue weighted by atomic mass is 9.89. The van der Waals surface area contributed by atoms with Gasteiger partial charge in [-0.05, 0) is 61.9 Å². The summed E-state index contributed by atoms with van der Waals surface area (Å²) in [5, 5.41) is 7.13. The minimum atomic E-state index is -4.48. The van der Waals surface area contributed by atoms with Crippen molar-refractivity contribution in [1.29, 1.82) is 0 Å². The molecule has 0 spiro atoms. The van der Waals surface area contributed by atoms with Gasteiger partial charge in [0.25, 0.3) is 5.56 Å². The van der Waals surface area contributed by atoms with Gasteiger partial charge in [0.1, 0.15) is 6.54 Å². The maximum atomic E-state index is 13.7. The number of amides is 2. The predicted molar refractivity (Wildman–Crippen MR) is 140 cm³/mol. The quantitative estimate of drug-likeness (QED) is 0.514. The predicted octanol–water partition coefficient (Wildman–Crippen LogP) is 3.39. The molecule has 40 heavy (non-hydrogen) atoms. The van der Waals surface area contributed by atoms with E-state index >= 15 is 0 Å². The third-order valence-electron chi connectivity index (χ3n) is 7.45. The molecule has 4 heterocycles. The number of halogens is 3. The number of hydrogen-bond acceptors (Lipinski definition) is 6. The molecule has 1 aromatic carbocycles. The second-order valence-electron chi connectivity index (χ2n) is 10.00. The summed E-state index contributed by atoms with van der Waals surface area (Å²) in [6, 6.07) is 4.18. The van der Waals surface area contributed by atoms with Crippen LogP contribution >= 0.6 is 0 Å². The van der Waals surface area contributed by atoms with Crippen molar-refractivity contribution in [2.24, 2.45) is 0 Å². The van der Waals surface area contributed by atoms with E-state index in [1.54, 1.807) is 16.4 Å². The van der Waals surface area contributed by atoms with Crippen molar-refractivity contribution in [2.75, 3.05) is 31.6 Å². The molecule has 3 aromatic rings. The van der Waals surface area contributed by atoms with E-state index < -0.39 is 17.6 Å². The number of rotatable bonds is 5. The van der Waals surface area contributed by atoms with Gasteiger partial charge in [0.05, 0.1) is 18.8 Å². The molecule has 0 saturated carbocycles. The largest absolute Gasteiger partial charge is 0.416 e. The topological polar surface area (TPSA) is 111 Å². The highest BCUT2D eigenvalue weighted by Crippen LogP contribution is 2.31. The first kappa shape index (κ1) is 27.6. The number of benzene rings is 1. The molecule has 2 aliphatic heterocycles. The molecule has 0 aliphatic carbocycles. The SMILES string of the molecule is CC(=O)N1CCC(c2c(C)n(CC(=O)Nc3ccc(C(F)(F)F)cc3)c3nc(C4=CCOCC4)nn3c2=O)CC1. The van der Waals surface area contributed by atoms with Crippen LogP contribution in [-0.2, 0) is 27.0 Å². The molecular weight excluding hydrogens is 529 g/mol. The number of anilines is 1. The Morgan fingerprint density at radius 2 is 1.85 bits per heavy atom. The summed E-state index contributed by atoms with van der Waals surface area (Å²) in [4.78, 5) is 45.0. The van der Waals surface area contributed by atoms with Gasteiger partial charge in [0.15, 0.2) is 5.82 Å². The molecule has 5 rings (SSSR count). The molecule has 2 amide bonds. The third kappa shape index (κ3) is 5.51. The second kappa shape index (κ2) is 10.9. The van der Waals surface area contributed by atoms with Crippen LogP contribution in [0.2, 0.25) is 0 Å². The van der Waals surface area contributed by atoms with Gasteiger partial charge in [0.2, 0.25) is 17.6 Å². The minimum Gasteiger partial charge on any atom is -0.377 e. The zero-order chi connectivity index (χ0) is 28.6. The van der Waals surface area contributed by atoms with E-state index in [4.69, 9.17) is 4.74 Å². The van der Waals surface area contributed by atoms with E-state index in [1.807, 2.05) is 6.08 Å². The number of hydrogen-bond donors (Lipinski definition) is 1. The Bertz CT molecular complexity index is 1530. The van der Waals surface area contributed by atoms with Crippen LogP contribution in [0.15, 0.2) is 35.1 Å². The summed E-state index contributed by atoms with van der Waals surface area (Å²) in [5.41, 5.74) is 0.974. The Balaban J connectivity index is 1.51. The van der Waals surface area contributed by atoms with Crippen LogP contribution in [0.4, 0.5) is 18.9 Å². The molecule has 212 valence electrons. The number of nitrogens with zero attached hydrogens (tertiary/aromatic N) is 5. The van der Waals surface area contributed by atoms with Crippen molar-refractivity contribution < 1.29 is 27.5 Å². The molecule has 2 aromatic heterocycles. The van der Waals surface area contributed by atoms with Gasteiger partial charge in [-0.25, -0.2) is 0 Å². The molecule has 0 atom stereocenters. The van der Waals surface area contributed by atoms with Crippen LogP contribution in [0.3, 0.4) is 0 Å². The van der Waals surface area contributed by atoms with Crippen molar-refractivity contribution in [3.8, 4) is 0 Å². The van der Waals surface area contributed by atoms with E-state index in [-0.39, 0.29) is 35.4 Å². The van der Waals surface area contributed by atoms with E-state index in [1.165, 1.54) is 23.6 Å². The standard InChI is InChI=1S/C27H29F3N6O4/c1-16-23(18-7-11-34(12-8-18)17(2)37)25(39)36-26(32-24(33-36)19-9-13-40-14-10-19)35(16)15-22(38)31-21-5-3-20(4-6-21)27(28,29)30/h3-6,9,18H,7-8,10-15H2,1-2H3,(H,31,38). The van der Waals surface area contributed by atoms with Crippen LogP contribution in [0, 0.1) is 6.92 Å². The first-order chi connectivity index (χ1) is 19.0. The molecular formula is C27H29F3N6O4. The van der Waals surface area contributed by atoms with Gasteiger partial charge in [-0.3, -0.25) is 14.4 Å². The molecule has 13 heteroatoms. The van der Waals surface area contributed by atoms with Crippen molar-refractivity contribution in [3.05, 3.63) is 63.3 Å². The summed E-state index contributed by atoms with van der Waals surface area (Å²) in [6.07, 6.45) is -0.875. The molecule has 1 N–H and O–H groups in total. The number of aromatic nitrogens is 4. The van der Waals surface area contributed by atoms with Crippen LogP contribution in [0.25, 0.3) is 11.4 Å². The second-order valence-corrected chi connectivity index (χ2v) is 10.00. The molecule has 10 nitrogen and oxygen atoms in total. The van der Waals surface area contributed by atoms with Gasteiger partial charge in [-0.1, -0.05) is 6.08 Å². The fraction of sp³-hybridized carbons (Fsp3) is 0.444. The van der Waals surface area contributed by atoms with Crippen LogP contribution in [0.5, 0.6) is 0 Å². The summed E-state index contributed by atoms with van der Waals surface area (Å²) in [5.74, 6) is -0.0986. The summed E-state index contributed by atoms with van der Waals surface area (Å²) in [6.45, 7) is 4.96. The van der Waals surface area contributed by atoms with E-state index in [0.717, 1.165) is 17.7 Å². The Morgan fingerprint density at radius 3 is 2.45 bits per heavy atom. The highest BCUT2D eigenvalue weighted by atomic mass is 19.4. The molecule has 0 unspecified atom stereocenters. The number of nitrogens with one attached hydrogen (secondary N) is 1. The maximum Gasteiger partial charge on any atom is 0.416 e. The number of ether oxygens (including phenoxy) is 1. The smallest absolute Gasteiger partial charge is 0.377 e. The average Bonchev–Trinajstić information content (AvgIpc) is 3.38. The highest BCUT2D eigenvalue weighted by molar-refractivity contribution is 5.90. The maximum absolute atomic E-state index is 13.7. The van der Waals surface area contributed by atoms with Crippen molar-refractivity contribution in [1.82, 2.24) is 24.1 Å². The number of piperidine rings is 1. The summed E-state index contributed by atoms with van der Waals surface area (Å²) >= 11 is 0. The zero-order valence-electron chi connectivity index (χ0n) is 22.1. The summed E-state index contributed by atoms with van der Waals surface area (Å²) < 4.78 is 47.0. The van der Waals surface area contributed by atoms with Gasteiger partial charge in [-0.15, -0.1) is 5.10 Å². The molecule has 0 bridgehead atoms. The van der Waals surface area contributed by atoms with E-state index in [0.29, 0.717) is 62.6 Å². The molecule has 1 fully saturated rings. The Kier molecular flexibility index (Phi) is 7.49. The van der Waals surface area contributed by atoms with Crippen LogP contribution in [0.1, 0.15) is 54.7 Å². The van der Waals surface area contributed by atoms with Crippen molar-refractivity contribution in [2.45, 2.75) is 51.7 Å². The van der Waals surface area contributed by atoms with Crippen molar-refractivity contribution >= 4 is 28.9 Å². The van der Waals surface area contributed by atoms with Gasteiger partial charge < -0.3 is 19.5 Å². The van der Waals surface area contributed by atoms with Gasteiger partial charge in [0, 0.05) is 37.0 Å². The zero-order valence-corrected chi connectivity index (χ0v) is 22.1. The Hall–Kier alpha value is -4.00. The first-order valence-electron chi connectivity index (χ1n) is 13.0. The fourth-order valence-corrected chi connectivity index (χ4v) is 5.27. The third-order valence-corrected chi connectivity index (χ3v) is 7.45. The minimum absolute atomic E-state index is 0.0198. The average molecular weight is 559 g/mol. The first-order valence-corrected chi connectivity index (χ1v) is 13.0. The van der Waals surface area contributed by atoms with Crippen LogP contribution in [-0.4, -0.2) is 62.2 Å². The Labute approximate surface area is 227 Å². The Morgan fingerprint density at radius 1 is 1.15 bits per heavy atom. The monoisotopic (exact) mass is 558 g/mol. The fourth-order valence-electron chi connectivity index (χ4n) is 5.27. The normalized spacial score (nSPS) is 16.7. The van der Waals surface area contributed by atoms with Gasteiger partial charge in [-0.2, -0.15) is 22.7 Å². The van der Waals surface area contributed by atoms with Crippen molar-refractivity contribution in [3.63, 3.8) is 0 Å². The number of fused-ring (bicyclic) bond motifs is 1. The number of carbonyl (C=O) groups excluding carboxylic acids is 2. The van der Waals surface area contributed by atoms with Gasteiger partial charge >= 0.3 is 6.18 Å². The lowest BCUT2D eigenvalue weighted by Crippen LogP contribution is -2.39. The van der Waals surface area contributed by atoms with E-state index in [9.17, 15) is 27.6 Å². The highest BCUT2D eigenvalue weighted by Gasteiger charge is 2.31. The lowest BCUT2D eigenvalue weighted by Gasteiger charge is -2.32.